The highest BCUT2D eigenvalue weighted by atomic mass is 32.2. The van der Waals surface area contributed by atoms with Gasteiger partial charge in [-0.15, -0.1) is 0 Å². The van der Waals surface area contributed by atoms with Crippen LogP contribution < -0.4 is 0 Å². The fraction of sp³-hybridized carbons (Fsp3) is 0.600. The SMILES string of the molecule is CC1CC(C)C(C)N(S(=O)(=O)c2ccccc2CO)C1. The topological polar surface area (TPSA) is 57.6 Å². The zero-order valence-electron chi connectivity index (χ0n) is 12.3. The van der Waals surface area contributed by atoms with Gasteiger partial charge in [0.2, 0.25) is 10.0 Å². The molecule has 1 aromatic carbocycles. The Hall–Kier alpha value is -0.910. The lowest BCUT2D eigenvalue weighted by Gasteiger charge is -2.40. The van der Waals surface area contributed by atoms with E-state index in [-0.39, 0.29) is 17.5 Å². The van der Waals surface area contributed by atoms with Gasteiger partial charge in [0.15, 0.2) is 0 Å². The number of piperidine rings is 1. The molecule has 0 bridgehead atoms. The standard InChI is InChI=1S/C15H23NO3S/c1-11-8-12(2)13(3)16(9-11)20(18,19)15-7-5-4-6-14(15)10-17/h4-7,11-13,17H,8-10H2,1-3H3. The fourth-order valence-electron chi connectivity index (χ4n) is 2.99. The normalized spacial score (nSPS) is 28.5. The Morgan fingerprint density at radius 3 is 2.55 bits per heavy atom. The molecule has 0 aromatic heterocycles. The summed E-state index contributed by atoms with van der Waals surface area (Å²) in [5, 5.41) is 9.37. The molecule has 2 rings (SSSR count). The van der Waals surface area contributed by atoms with Crippen molar-refractivity contribution in [3.05, 3.63) is 29.8 Å². The monoisotopic (exact) mass is 297 g/mol. The van der Waals surface area contributed by atoms with Gasteiger partial charge in [-0.25, -0.2) is 8.42 Å². The van der Waals surface area contributed by atoms with E-state index in [0.29, 0.717) is 23.9 Å². The molecule has 1 aliphatic heterocycles. The number of benzene rings is 1. The molecule has 112 valence electrons. The minimum absolute atomic E-state index is 0.0112. The number of aliphatic hydroxyl groups is 1. The molecule has 4 nitrogen and oxygen atoms in total. The van der Waals surface area contributed by atoms with Crippen LogP contribution in [-0.4, -0.2) is 30.4 Å². The van der Waals surface area contributed by atoms with E-state index in [1.165, 1.54) is 0 Å². The molecule has 1 fully saturated rings. The molecule has 1 aliphatic rings. The minimum Gasteiger partial charge on any atom is -0.392 e. The van der Waals surface area contributed by atoms with Gasteiger partial charge in [-0.05, 0) is 36.8 Å². The van der Waals surface area contributed by atoms with Crippen molar-refractivity contribution in [2.75, 3.05) is 6.54 Å². The van der Waals surface area contributed by atoms with Gasteiger partial charge in [-0.3, -0.25) is 0 Å². The third kappa shape index (κ3) is 2.75. The highest BCUT2D eigenvalue weighted by Crippen LogP contribution is 2.32. The van der Waals surface area contributed by atoms with Crippen molar-refractivity contribution in [2.45, 2.75) is 44.7 Å². The summed E-state index contributed by atoms with van der Waals surface area (Å²) >= 11 is 0. The van der Waals surface area contributed by atoms with Crippen molar-refractivity contribution in [3.8, 4) is 0 Å². The van der Waals surface area contributed by atoms with Gasteiger partial charge in [0, 0.05) is 12.6 Å². The Balaban J connectivity index is 2.43. The summed E-state index contributed by atoms with van der Waals surface area (Å²) in [6.07, 6.45) is 1.05. The number of sulfonamides is 1. The number of hydrogen-bond donors (Lipinski definition) is 1. The molecule has 1 saturated heterocycles. The molecule has 0 amide bonds. The molecule has 20 heavy (non-hydrogen) atoms. The fourth-order valence-corrected chi connectivity index (χ4v) is 5.06. The predicted octanol–water partition coefficient (Wildman–Crippen LogP) is 2.23. The third-order valence-electron chi connectivity index (χ3n) is 4.27. The van der Waals surface area contributed by atoms with Crippen molar-refractivity contribution in [1.82, 2.24) is 4.31 Å². The van der Waals surface area contributed by atoms with Gasteiger partial charge in [0.1, 0.15) is 0 Å². The first-order valence-corrected chi connectivity index (χ1v) is 8.52. The van der Waals surface area contributed by atoms with E-state index in [1.54, 1.807) is 28.6 Å². The Kier molecular flexibility index (Phi) is 4.52. The van der Waals surface area contributed by atoms with Crippen LogP contribution in [0.15, 0.2) is 29.2 Å². The van der Waals surface area contributed by atoms with E-state index in [4.69, 9.17) is 0 Å². The van der Waals surface area contributed by atoms with Crippen LogP contribution in [0.5, 0.6) is 0 Å². The van der Waals surface area contributed by atoms with Crippen LogP contribution in [-0.2, 0) is 16.6 Å². The van der Waals surface area contributed by atoms with Crippen LogP contribution in [0.25, 0.3) is 0 Å². The van der Waals surface area contributed by atoms with E-state index in [1.807, 2.05) is 6.92 Å². The molecular formula is C15H23NO3S. The lowest BCUT2D eigenvalue weighted by molar-refractivity contribution is 0.157. The summed E-state index contributed by atoms with van der Waals surface area (Å²) < 4.78 is 27.4. The summed E-state index contributed by atoms with van der Waals surface area (Å²) in [5.41, 5.74) is 0.463. The molecule has 5 heteroatoms. The summed E-state index contributed by atoms with van der Waals surface area (Å²) in [4.78, 5) is 0.232. The van der Waals surface area contributed by atoms with E-state index >= 15 is 0 Å². The maximum Gasteiger partial charge on any atom is 0.243 e. The quantitative estimate of drug-likeness (QED) is 0.931. The van der Waals surface area contributed by atoms with Gasteiger partial charge < -0.3 is 5.11 Å². The molecule has 1 aromatic rings. The minimum atomic E-state index is -3.55. The molecule has 0 radical (unpaired) electrons. The van der Waals surface area contributed by atoms with Crippen molar-refractivity contribution < 1.29 is 13.5 Å². The summed E-state index contributed by atoms with van der Waals surface area (Å²) in [5.74, 6) is 0.701. The van der Waals surface area contributed by atoms with Crippen LogP contribution >= 0.6 is 0 Å². The van der Waals surface area contributed by atoms with Crippen molar-refractivity contribution in [1.29, 1.82) is 0 Å². The molecule has 0 spiro atoms. The van der Waals surface area contributed by atoms with Gasteiger partial charge in [-0.1, -0.05) is 32.0 Å². The van der Waals surface area contributed by atoms with Crippen molar-refractivity contribution in [2.24, 2.45) is 11.8 Å². The molecule has 3 unspecified atom stereocenters. The molecule has 0 saturated carbocycles. The average Bonchev–Trinajstić information content (AvgIpc) is 2.42. The second kappa shape index (κ2) is 5.84. The van der Waals surface area contributed by atoms with Gasteiger partial charge in [0.25, 0.3) is 0 Å². The second-order valence-corrected chi connectivity index (χ2v) is 7.76. The van der Waals surface area contributed by atoms with Crippen LogP contribution in [0.2, 0.25) is 0 Å². The Morgan fingerprint density at radius 2 is 1.90 bits per heavy atom. The number of hydrogen-bond acceptors (Lipinski definition) is 3. The molecule has 1 N–H and O–H groups in total. The first-order valence-electron chi connectivity index (χ1n) is 7.08. The average molecular weight is 297 g/mol. The van der Waals surface area contributed by atoms with Crippen LogP contribution in [0.3, 0.4) is 0 Å². The lowest BCUT2D eigenvalue weighted by Crippen LogP contribution is -2.48. The van der Waals surface area contributed by atoms with Gasteiger partial charge in [0.05, 0.1) is 11.5 Å². The Bertz CT molecular complexity index is 570. The van der Waals surface area contributed by atoms with Crippen molar-refractivity contribution in [3.63, 3.8) is 0 Å². The lowest BCUT2D eigenvalue weighted by atomic mass is 9.88. The molecule has 1 heterocycles. The third-order valence-corrected chi connectivity index (χ3v) is 6.33. The van der Waals surface area contributed by atoms with E-state index < -0.39 is 10.0 Å². The van der Waals surface area contributed by atoms with Crippen molar-refractivity contribution >= 4 is 10.0 Å². The number of nitrogens with zero attached hydrogens (tertiary/aromatic N) is 1. The summed E-state index contributed by atoms with van der Waals surface area (Å²) in [6.45, 7) is 6.44. The first kappa shape index (κ1) is 15.5. The Labute approximate surface area is 121 Å². The van der Waals surface area contributed by atoms with E-state index in [0.717, 1.165) is 6.42 Å². The van der Waals surface area contributed by atoms with Gasteiger partial charge >= 0.3 is 0 Å². The Morgan fingerprint density at radius 1 is 1.25 bits per heavy atom. The smallest absolute Gasteiger partial charge is 0.243 e. The van der Waals surface area contributed by atoms with Crippen LogP contribution in [0.1, 0.15) is 32.8 Å². The molecule has 0 aliphatic carbocycles. The van der Waals surface area contributed by atoms with Crippen LogP contribution in [0, 0.1) is 11.8 Å². The second-order valence-electron chi connectivity index (χ2n) is 5.90. The first-order chi connectivity index (χ1) is 9.37. The number of aliphatic hydroxyl groups excluding tert-OH is 1. The summed E-state index contributed by atoms with van der Waals surface area (Å²) in [7, 11) is -3.55. The molecular weight excluding hydrogens is 274 g/mol. The van der Waals surface area contributed by atoms with Gasteiger partial charge in [-0.2, -0.15) is 4.31 Å². The zero-order valence-corrected chi connectivity index (χ0v) is 13.1. The summed E-state index contributed by atoms with van der Waals surface area (Å²) in [6, 6.07) is 6.68. The highest BCUT2D eigenvalue weighted by molar-refractivity contribution is 7.89. The largest absolute Gasteiger partial charge is 0.392 e. The predicted molar refractivity (Wildman–Crippen MR) is 78.7 cm³/mol. The maximum absolute atomic E-state index is 12.9. The highest BCUT2D eigenvalue weighted by Gasteiger charge is 2.37. The maximum atomic E-state index is 12.9. The van der Waals surface area contributed by atoms with E-state index in [2.05, 4.69) is 13.8 Å². The van der Waals surface area contributed by atoms with E-state index in [9.17, 15) is 13.5 Å². The zero-order chi connectivity index (χ0) is 14.9. The molecule has 3 atom stereocenters. The number of rotatable bonds is 3. The van der Waals surface area contributed by atoms with Crippen LogP contribution in [0.4, 0.5) is 0 Å².